The first-order valence-corrected chi connectivity index (χ1v) is 8.12. The highest BCUT2D eigenvalue weighted by molar-refractivity contribution is 7.07. The lowest BCUT2D eigenvalue weighted by atomic mass is 9.96. The molecule has 1 aromatic rings. The Kier molecular flexibility index (Phi) is 7.61. The Morgan fingerprint density at radius 2 is 2.11 bits per heavy atom. The van der Waals surface area contributed by atoms with Crippen molar-refractivity contribution in [1.82, 2.24) is 4.90 Å². The maximum absolute atomic E-state index is 6.40. The van der Waals surface area contributed by atoms with Gasteiger partial charge in [0, 0.05) is 25.7 Å². The van der Waals surface area contributed by atoms with E-state index in [9.17, 15) is 0 Å². The fourth-order valence-electron chi connectivity index (χ4n) is 2.42. The first-order valence-electron chi connectivity index (χ1n) is 7.18. The molecule has 1 heterocycles. The quantitative estimate of drug-likeness (QED) is 0.756. The molecule has 0 saturated carbocycles. The van der Waals surface area contributed by atoms with Crippen molar-refractivity contribution in [3.05, 3.63) is 22.4 Å². The van der Waals surface area contributed by atoms with Crippen molar-refractivity contribution in [2.45, 2.75) is 51.7 Å². The van der Waals surface area contributed by atoms with Crippen molar-refractivity contribution in [1.29, 1.82) is 0 Å². The van der Waals surface area contributed by atoms with Crippen LogP contribution in [0.4, 0.5) is 0 Å². The summed E-state index contributed by atoms with van der Waals surface area (Å²) in [5, 5.41) is 4.36. The van der Waals surface area contributed by atoms with Crippen molar-refractivity contribution >= 4 is 11.3 Å². The normalized spacial score (nSPS) is 16.5. The molecule has 0 radical (unpaired) electrons. The zero-order chi connectivity index (χ0) is 14.3. The molecule has 0 spiro atoms. The van der Waals surface area contributed by atoms with Gasteiger partial charge < -0.3 is 10.5 Å². The number of ether oxygens (including phenoxy) is 1. The summed E-state index contributed by atoms with van der Waals surface area (Å²) in [6, 6.07) is 3.17. The van der Waals surface area contributed by atoms with Gasteiger partial charge in [0.05, 0.1) is 12.6 Å². The molecular weight excluding hydrogens is 256 g/mol. The molecule has 110 valence electrons. The van der Waals surface area contributed by atoms with E-state index >= 15 is 0 Å². The van der Waals surface area contributed by atoms with E-state index in [1.165, 1.54) is 5.56 Å². The van der Waals surface area contributed by atoms with Crippen molar-refractivity contribution in [3.8, 4) is 0 Å². The van der Waals surface area contributed by atoms with Crippen molar-refractivity contribution < 1.29 is 4.74 Å². The summed E-state index contributed by atoms with van der Waals surface area (Å²) in [6.45, 7) is 8.35. The Morgan fingerprint density at radius 3 is 2.58 bits per heavy atom. The van der Waals surface area contributed by atoms with Crippen LogP contribution in [0.5, 0.6) is 0 Å². The molecule has 0 bridgehead atoms. The molecule has 19 heavy (non-hydrogen) atoms. The van der Waals surface area contributed by atoms with Crippen molar-refractivity contribution in [3.63, 3.8) is 0 Å². The van der Waals surface area contributed by atoms with Gasteiger partial charge in [0.25, 0.3) is 0 Å². The van der Waals surface area contributed by atoms with Crippen LogP contribution in [-0.4, -0.2) is 37.2 Å². The second-order valence-electron chi connectivity index (χ2n) is 5.06. The van der Waals surface area contributed by atoms with E-state index in [1.54, 1.807) is 18.4 Å². The molecule has 4 heteroatoms. The van der Waals surface area contributed by atoms with Gasteiger partial charge in [0.2, 0.25) is 0 Å². The molecule has 3 nitrogen and oxygen atoms in total. The first-order chi connectivity index (χ1) is 9.15. The molecule has 1 rings (SSSR count). The van der Waals surface area contributed by atoms with Crippen LogP contribution >= 0.6 is 11.3 Å². The predicted octanol–water partition coefficient (Wildman–Crippen LogP) is 3.27. The monoisotopic (exact) mass is 284 g/mol. The van der Waals surface area contributed by atoms with E-state index in [2.05, 4.69) is 42.5 Å². The van der Waals surface area contributed by atoms with Gasteiger partial charge in [0.1, 0.15) is 0 Å². The lowest BCUT2D eigenvalue weighted by molar-refractivity contribution is 0.0757. The van der Waals surface area contributed by atoms with Gasteiger partial charge in [-0.15, -0.1) is 0 Å². The molecule has 0 amide bonds. The van der Waals surface area contributed by atoms with Gasteiger partial charge >= 0.3 is 0 Å². The summed E-state index contributed by atoms with van der Waals surface area (Å²) < 4.78 is 5.27. The molecule has 0 fully saturated rings. The topological polar surface area (TPSA) is 38.5 Å². The van der Waals surface area contributed by atoms with E-state index in [0.29, 0.717) is 12.1 Å². The van der Waals surface area contributed by atoms with Crippen LogP contribution in [-0.2, 0) is 4.74 Å². The van der Waals surface area contributed by atoms with Crippen LogP contribution in [0.3, 0.4) is 0 Å². The number of nitrogens with zero attached hydrogens (tertiary/aromatic N) is 1. The van der Waals surface area contributed by atoms with Gasteiger partial charge in [-0.1, -0.05) is 13.8 Å². The van der Waals surface area contributed by atoms with Crippen LogP contribution in [0.25, 0.3) is 0 Å². The average molecular weight is 284 g/mol. The molecule has 0 aromatic carbocycles. The lowest BCUT2D eigenvalue weighted by Gasteiger charge is -2.39. The highest BCUT2D eigenvalue weighted by Gasteiger charge is 2.28. The standard InChI is InChI=1S/C15H28N2OS/c1-5-12(3)17(8-9-18-4)15(14(16)6-2)13-7-10-19-11-13/h7,10-12,14-15H,5-6,8-9,16H2,1-4H3. The summed E-state index contributed by atoms with van der Waals surface area (Å²) in [6.07, 6.45) is 2.11. The molecular formula is C15H28N2OS. The number of hydrogen-bond donors (Lipinski definition) is 1. The van der Waals surface area contributed by atoms with E-state index in [4.69, 9.17) is 10.5 Å². The molecule has 1 aromatic heterocycles. The third-order valence-electron chi connectivity index (χ3n) is 3.83. The summed E-state index contributed by atoms with van der Waals surface area (Å²) in [5.41, 5.74) is 7.74. The third-order valence-corrected chi connectivity index (χ3v) is 4.53. The van der Waals surface area contributed by atoms with Crippen LogP contribution < -0.4 is 5.73 Å². The van der Waals surface area contributed by atoms with Gasteiger partial charge in [-0.05, 0) is 42.2 Å². The minimum atomic E-state index is 0.167. The SMILES string of the molecule is CCC(N)C(c1ccsc1)N(CCOC)C(C)CC. The van der Waals surface area contributed by atoms with E-state index in [1.807, 2.05) is 0 Å². The Hall–Kier alpha value is -0.420. The van der Waals surface area contributed by atoms with Gasteiger partial charge in [-0.3, -0.25) is 4.90 Å². The number of thiophene rings is 1. The van der Waals surface area contributed by atoms with Crippen LogP contribution in [0, 0.1) is 0 Å². The number of hydrogen-bond acceptors (Lipinski definition) is 4. The highest BCUT2D eigenvalue weighted by Crippen LogP contribution is 2.29. The molecule has 2 N–H and O–H groups in total. The summed E-state index contributed by atoms with van der Waals surface area (Å²) in [7, 11) is 1.76. The maximum atomic E-state index is 6.40. The number of rotatable bonds is 9. The maximum Gasteiger partial charge on any atom is 0.0590 e. The first kappa shape index (κ1) is 16.6. The van der Waals surface area contributed by atoms with Crippen molar-refractivity contribution in [2.75, 3.05) is 20.3 Å². The third kappa shape index (κ3) is 4.56. The Labute approximate surface area is 121 Å². The lowest BCUT2D eigenvalue weighted by Crippen LogP contribution is -2.46. The van der Waals surface area contributed by atoms with Gasteiger partial charge in [-0.25, -0.2) is 0 Å². The van der Waals surface area contributed by atoms with E-state index in [0.717, 1.165) is 26.0 Å². The minimum absolute atomic E-state index is 0.167. The fourth-order valence-corrected chi connectivity index (χ4v) is 3.11. The summed E-state index contributed by atoms with van der Waals surface area (Å²) in [4.78, 5) is 2.50. The zero-order valence-corrected chi connectivity index (χ0v) is 13.5. The Bertz CT molecular complexity index is 329. The molecule has 0 saturated heterocycles. The fraction of sp³-hybridized carbons (Fsp3) is 0.733. The molecule has 0 aliphatic carbocycles. The predicted molar refractivity (Wildman–Crippen MR) is 83.7 cm³/mol. The number of nitrogens with two attached hydrogens (primary N) is 1. The number of methoxy groups -OCH3 is 1. The second-order valence-corrected chi connectivity index (χ2v) is 5.84. The Morgan fingerprint density at radius 1 is 1.37 bits per heavy atom. The van der Waals surface area contributed by atoms with Crippen LogP contribution in [0.2, 0.25) is 0 Å². The zero-order valence-electron chi connectivity index (χ0n) is 12.6. The highest BCUT2D eigenvalue weighted by atomic mass is 32.1. The van der Waals surface area contributed by atoms with Crippen LogP contribution in [0.1, 0.15) is 45.2 Å². The Balaban J connectivity index is 2.96. The summed E-state index contributed by atoms with van der Waals surface area (Å²) in [5.74, 6) is 0. The van der Waals surface area contributed by atoms with Gasteiger partial charge in [0.15, 0.2) is 0 Å². The average Bonchev–Trinajstić information content (AvgIpc) is 2.95. The largest absolute Gasteiger partial charge is 0.383 e. The molecule has 3 atom stereocenters. The van der Waals surface area contributed by atoms with E-state index < -0.39 is 0 Å². The smallest absolute Gasteiger partial charge is 0.0590 e. The molecule has 0 aliphatic rings. The second kappa shape index (κ2) is 8.69. The molecule has 3 unspecified atom stereocenters. The van der Waals surface area contributed by atoms with Crippen LogP contribution in [0.15, 0.2) is 16.8 Å². The van der Waals surface area contributed by atoms with Crippen molar-refractivity contribution in [2.24, 2.45) is 5.73 Å². The molecule has 0 aliphatic heterocycles. The van der Waals surface area contributed by atoms with E-state index in [-0.39, 0.29) is 6.04 Å². The minimum Gasteiger partial charge on any atom is -0.383 e. The summed E-state index contributed by atoms with van der Waals surface area (Å²) >= 11 is 1.74. The van der Waals surface area contributed by atoms with Gasteiger partial charge in [-0.2, -0.15) is 11.3 Å².